The molecule has 0 bridgehead atoms. The topological polar surface area (TPSA) is 46.2 Å². The van der Waals surface area contributed by atoms with Gasteiger partial charge in [0.25, 0.3) is 0 Å². The first-order valence-electron chi connectivity index (χ1n) is 8.95. The summed E-state index contributed by atoms with van der Waals surface area (Å²) in [5.41, 5.74) is 2.29. The van der Waals surface area contributed by atoms with E-state index >= 15 is 0 Å². The molecule has 3 nitrogen and oxygen atoms in total. The summed E-state index contributed by atoms with van der Waals surface area (Å²) in [6, 6.07) is 8.03. The van der Waals surface area contributed by atoms with E-state index in [2.05, 4.69) is 37.6 Å². The van der Waals surface area contributed by atoms with Crippen molar-refractivity contribution < 1.29 is 8.42 Å². The quantitative estimate of drug-likeness (QED) is 0.567. The zero-order valence-electron chi connectivity index (χ0n) is 15.1. The number of hydrogen-bond acceptors (Lipinski definition) is 2. The molecule has 4 heteroatoms. The third-order valence-electron chi connectivity index (χ3n) is 4.23. The third-order valence-corrected chi connectivity index (χ3v) is 5.76. The minimum atomic E-state index is -3.20. The van der Waals surface area contributed by atoms with Gasteiger partial charge < -0.3 is 0 Å². The van der Waals surface area contributed by atoms with Crippen LogP contribution in [0.25, 0.3) is 0 Å². The van der Waals surface area contributed by atoms with Crippen molar-refractivity contribution in [1.29, 1.82) is 0 Å². The van der Waals surface area contributed by atoms with Gasteiger partial charge in [0.15, 0.2) is 0 Å². The molecule has 1 rings (SSSR count). The Labute approximate surface area is 142 Å². The standard InChI is InChI=1S/C19H33NO2S/c1-5-6-7-8-9-10-15-23(21,22)20-17(4)19-13-11-18(12-14-19)16(2)3/h11-14,16-17,20H,5-10,15H2,1-4H3. The van der Waals surface area contributed by atoms with Gasteiger partial charge in [0.2, 0.25) is 10.0 Å². The monoisotopic (exact) mass is 339 g/mol. The van der Waals surface area contributed by atoms with Gasteiger partial charge in [-0.2, -0.15) is 0 Å². The number of rotatable bonds is 11. The van der Waals surface area contributed by atoms with Crippen molar-refractivity contribution in [3.05, 3.63) is 35.4 Å². The summed E-state index contributed by atoms with van der Waals surface area (Å²) >= 11 is 0. The Kier molecular flexibility index (Phi) is 8.85. The molecule has 0 aliphatic carbocycles. The first-order chi connectivity index (χ1) is 10.9. The van der Waals surface area contributed by atoms with Crippen molar-refractivity contribution in [3.63, 3.8) is 0 Å². The molecule has 0 heterocycles. The molecule has 1 aromatic carbocycles. The average Bonchev–Trinajstić information content (AvgIpc) is 2.50. The summed E-state index contributed by atoms with van der Waals surface area (Å²) in [5.74, 6) is 0.719. The Morgan fingerprint density at radius 3 is 1.96 bits per heavy atom. The van der Waals surface area contributed by atoms with Crippen molar-refractivity contribution in [3.8, 4) is 0 Å². The lowest BCUT2D eigenvalue weighted by Gasteiger charge is -2.16. The first kappa shape index (κ1) is 20.2. The first-order valence-corrected chi connectivity index (χ1v) is 10.6. The maximum Gasteiger partial charge on any atom is 0.212 e. The van der Waals surface area contributed by atoms with E-state index in [0.717, 1.165) is 24.8 Å². The highest BCUT2D eigenvalue weighted by molar-refractivity contribution is 7.89. The third kappa shape index (κ3) is 7.98. The summed E-state index contributed by atoms with van der Waals surface area (Å²) in [6.07, 6.45) is 6.55. The van der Waals surface area contributed by atoms with Crippen LogP contribution in [0.5, 0.6) is 0 Å². The summed E-state index contributed by atoms with van der Waals surface area (Å²) in [7, 11) is -3.20. The maximum absolute atomic E-state index is 12.2. The van der Waals surface area contributed by atoms with E-state index in [1.807, 2.05) is 19.1 Å². The molecule has 1 unspecified atom stereocenters. The molecule has 0 saturated carbocycles. The zero-order valence-corrected chi connectivity index (χ0v) is 16.0. The summed E-state index contributed by atoms with van der Waals surface area (Å²) in [5, 5.41) is 0. The molecule has 0 aliphatic heterocycles. The highest BCUT2D eigenvalue weighted by atomic mass is 32.2. The molecule has 0 fully saturated rings. The molecule has 0 saturated heterocycles. The van der Waals surface area contributed by atoms with Crippen molar-refractivity contribution in [2.24, 2.45) is 0 Å². The molecular weight excluding hydrogens is 306 g/mol. The van der Waals surface area contributed by atoms with Gasteiger partial charge in [-0.1, -0.05) is 77.1 Å². The Balaban J connectivity index is 2.43. The molecule has 0 aliphatic rings. The van der Waals surface area contributed by atoms with Gasteiger partial charge in [-0.15, -0.1) is 0 Å². The molecule has 0 aromatic heterocycles. The molecule has 1 atom stereocenters. The smallest absolute Gasteiger partial charge is 0.212 e. The summed E-state index contributed by atoms with van der Waals surface area (Å²) in [6.45, 7) is 8.40. The highest BCUT2D eigenvalue weighted by Crippen LogP contribution is 2.19. The number of nitrogens with one attached hydrogen (secondary N) is 1. The fourth-order valence-electron chi connectivity index (χ4n) is 2.64. The van der Waals surface area contributed by atoms with Crippen LogP contribution >= 0.6 is 0 Å². The van der Waals surface area contributed by atoms with Gasteiger partial charge in [-0.05, 0) is 30.4 Å². The molecule has 132 valence electrons. The van der Waals surface area contributed by atoms with E-state index in [0.29, 0.717) is 5.92 Å². The van der Waals surface area contributed by atoms with E-state index in [1.54, 1.807) is 0 Å². The fraction of sp³-hybridized carbons (Fsp3) is 0.684. The van der Waals surface area contributed by atoms with Gasteiger partial charge in [0, 0.05) is 6.04 Å². The van der Waals surface area contributed by atoms with Crippen LogP contribution in [0.2, 0.25) is 0 Å². The number of benzene rings is 1. The van der Waals surface area contributed by atoms with E-state index in [4.69, 9.17) is 0 Å². The Morgan fingerprint density at radius 1 is 0.870 bits per heavy atom. The van der Waals surface area contributed by atoms with Crippen LogP contribution in [0.15, 0.2) is 24.3 Å². The van der Waals surface area contributed by atoms with E-state index in [9.17, 15) is 8.42 Å². The van der Waals surface area contributed by atoms with Gasteiger partial charge in [0.05, 0.1) is 5.75 Å². The maximum atomic E-state index is 12.2. The van der Waals surface area contributed by atoms with Crippen LogP contribution in [0.1, 0.15) is 89.3 Å². The second-order valence-corrected chi connectivity index (χ2v) is 8.62. The zero-order chi connectivity index (χ0) is 17.3. The van der Waals surface area contributed by atoms with Gasteiger partial charge in [0.1, 0.15) is 0 Å². The van der Waals surface area contributed by atoms with Gasteiger partial charge in [-0.25, -0.2) is 13.1 Å². The minimum absolute atomic E-state index is 0.179. The fourth-order valence-corrected chi connectivity index (χ4v) is 4.02. The summed E-state index contributed by atoms with van der Waals surface area (Å²) in [4.78, 5) is 0. The lowest BCUT2D eigenvalue weighted by atomic mass is 10.00. The van der Waals surface area contributed by atoms with Gasteiger partial charge in [-0.3, -0.25) is 0 Å². The molecular formula is C19H33NO2S. The van der Waals surface area contributed by atoms with E-state index in [-0.39, 0.29) is 11.8 Å². The number of unbranched alkanes of at least 4 members (excludes halogenated alkanes) is 5. The predicted octanol–water partition coefficient (Wildman–Crippen LogP) is 5.15. The van der Waals surface area contributed by atoms with Crippen molar-refractivity contribution >= 4 is 10.0 Å². The van der Waals surface area contributed by atoms with Crippen molar-refractivity contribution in [2.45, 2.75) is 78.2 Å². The Bertz CT molecular complexity index is 535. The number of sulfonamides is 1. The van der Waals surface area contributed by atoms with E-state index < -0.39 is 10.0 Å². The normalized spacial score (nSPS) is 13.4. The minimum Gasteiger partial charge on any atom is -0.212 e. The molecule has 1 aromatic rings. The van der Waals surface area contributed by atoms with E-state index in [1.165, 1.54) is 24.8 Å². The van der Waals surface area contributed by atoms with Crippen molar-refractivity contribution in [1.82, 2.24) is 4.72 Å². The molecule has 0 radical (unpaired) electrons. The lowest BCUT2D eigenvalue weighted by Crippen LogP contribution is -2.29. The second kappa shape index (κ2) is 10.1. The Morgan fingerprint density at radius 2 is 1.39 bits per heavy atom. The van der Waals surface area contributed by atoms with Crippen LogP contribution < -0.4 is 4.72 Å². The Hall–Kier alpha value is -0.870. The van der Waals surface area contributed by atoms with Crippen LogP contribution in [0, 0.1) is 0 Å². The molecule has 23 heavy (non-hydrogen) atoms. The van der Waals surface area contributed by atoms with Crippen LogP contribution in [-0.4, -0.2) is 14.2 Å². The highest BCUT2D eigenvalue weighted by Gasteiger charge is 2.15. The number of hydrogen-bond donors (Lipinski definition) is 1. The largest absolute Gasteiger partial charge is 0.212 e. The second-order valence-electron chi connectivity index (χ2n) is 6.75. The molecule has 1 N–H and O–H groups in total. The average molecular weight is 340 g/mol. The molecule has 0 spiro atoms. The SMILES string of the molecule is CCCCCCCCS(=O)(=O)NC(C)c1ccc(C(C)C)cc1. The predicted molar refractivity (Wildman–Crippen MR) is 99.2 cm³/mol. The summed E-state index contributed by atoms with van der Waals surface area (Å²) < 4.78 is 27.1. The molecule has 0 amide bonds. The van der Waals surface area contributed by atoms with Crippen molar-refractivity contribution in [2.75, 3.05) is 5.75 Å². The van der Waals surface area contributed by atoms with Gasteiger partial charge >= 0.3 is 0 Å². The lowest BCUT2D eigenvalue weighted by molar-refractivity contribution is 0.558. The van der Waals surface area contributed by atoms with Crippen LogP contribution in [-0.2, 0) is 10.0 Å². The van der Waals surface area contributed by atoms with Crippen LogP contribution in [0.4, 0.5) is 0 Å². The van der Waals surface area contributed by atoms with Crippen LogP contribution in [0.3, 0.4) is 0 Å².